The average Bonchev–Trinajstić information content (AvgIpc) is 3.46. The van der Waals surface area contributed by atoms with E-state index in [1.165, 1.54) is 10.4 Å². The number of hydrogen-bond acceptors (Lipinski definition) is 6. The third-order valence-corrected chi connectivity index (χ3v) is 7.54. The number of hydrogen-bond donors (Lipinski definition) is 2. The lowest BCUT2D eigenvalue weighted by Gasteiger charge is -2.30. The smallest absolute Gasteiger partial charge is 0.276 e. The number of amides is 1. The first-order valence-corrected chi connectivity index (χ1v) is 12.2. The molecule has 1 fully saturated rings. The Balaban J connectivity index is 1.45. The predicted molar refractivity (Wildman–Crippen MR) is 115 cm³/mol. The van der Waals surface area contributed by atoms with Crippen LogP contribution in [0.3, 0.4) is 0 Å². The first kappa shape index (κ1) is 20.7. The largest absolute Gasteiger partial charge is 0.442 e. The van der Waals surface area contributed by atoms with E-state index in [2.05, 4.69) is 15.5 Å². The normalized spacial score (nSPS) is 17.7. The second-order valence-corrected chi connectivity index (χ2v) is 9.76. The molecule has 0 spiro atoms. The van der Waals surface area contributed by atoms with Gasteiger partial charge in [0.05, 0.1) is 5.92 Å². The van der Waals surface area contributed by atoms with Crippen LogP contribution in [-0.2, 0) is 14.8 Å². The third kappa shape index (κ3) is 4.30. The van der Waals surface area contributed by atoms with E-state index in [9.17, 15) is 13.2 Å². The molecule has 158 valence electrons. The summed E-state index contributed by atoms with van der Waals surface area (Å²) in [6.45, 7) is 0.478. The van der Waals surface area contributed by atoms with Crippen molar-refractivity contribution in [3.05, 3.63) is 48.7 Å². The molecule has 1 amide bonds. The van der Waals surface area contributed by atoms with Crippen LogP contribution in [0, 0.1) is 5.92 Å². The zero-order valence-corrected chi connectivity index (χ0v) is 18.0. The van der Waals surface area contributed by atoms with Crippen molar-refractivity contribution in [1.82, 2.24) is 14.5 Å². The quantitative estimate of drug-likeness (QED) is 0.562. The Hall–Kier alpha value is -2.56. The number of benzene rings is 1. The first-order valence-electron chi connectivity index (χ1n) is 9.52. The zero-order valence-electron chi connectivity index (χ0n) is 16.4. The van der Waals surface area contributed by atoms with E-state index >= 15 is 0 Å². The molecule has 1 aliphatic heterocycles. The van der Waals surface area contributed by atoms with Crippen LogP contribution in [0.2, 0.25) is 0 Å². The van der Waals surface area contributed by atoms with Gasteiger partial charge in [-0.25, -0.2) is 8.42 Å². The molecule has 1 atom stereocenters. The lowest BCUT2D eigenvalue weighted by Crippen LogP contribution is -2.43. The summed E-state index contributed by atoms with van der Waals surface area (Å²) in [7, 11) is -3.83. The van der Waals surface area contributed by atoms with E-state index in [1.807, 2.05) is 30.5 Å². The lowest BCUT2D eigenvalue weighted by molar-refractivity contribution is -0.120. The van der Waals surface area contributed by atoms with Crippen LogP contribution < -0.4 is 5.32 Å². The monoisotopic (exact) mass is 446 g/mol. The number of thioether (sulfide) groups is 1. The first-order chi connectivity index (χ1) is 14.5. The van der Waals surface area contributed by atoms with E-state index in [4.69, 9.17) is 4.42 Å². The maximum atomic E-state index is 13.0. The van der Waals surface area contributed by atoms with Crippen molar-refractivity contribution in [3.63, 3.8) is 0 Å². The maximum absolute atomic E-state index is 13.0. The van der Waals surface area contributed by atoms with Crippen LogP contribution in [0.15, 0.2) is 63.1 Å². The van der Waals surface area contributed by atoms with Gasteiger partial charge in [-0.3, -0.25) is 9.89 Å². The Labute approximate surface area is 179 Å². The Morgan fingerprint density at radius 2 is 2.03 bits per heavy atom. The van der Waals surface area contributed by atoms with Gasteiger partial charge in [0.25, 0.3) is 10.0 Å². The predicted octanol–water partition coefficient (Wildman–Crippen LogP) is 3.43. The van der Waals surface area contributed by atoms with Gasteiger partial charge in [0.1, 0.15) is 5.69 Å². The van der Waals surface area contributed by atoms with Gasteiger partial charge >= 0.3 is 0 Å². The summed E-state index contributed by atoms with van der Waals surface area (Å²) in [4.78, 5) is 13.8. The highest BCUT2D eigenvalue weighted by molar-refractivity contribution is 7.98. The second kappa shape index (κ2) is 8.66. The summed E-state index contributed by atoms with van der Waals surface area (Å²) in [6.07, 6.45) is 4.80. The number of nitrogens with one attached hydrogen (secondary N) is 2. The Morgan fingerprint density at radius 3 is 2.73 bits per heavy atom. The SMILES string of the molecule is CSc1ccc(NC(=O)[C@H]2CCCN(S(=O)(=O)c3ccc(-c4ccn[nH]4)o3)C2)cc1. The molecule has 1 aliphatic rings. The minimum atomic E-state index is -3.83. The van der Waals surface area contributed by atoms with E-state index in [-0.39, 0.29) is 17.5 Å². The molecule has 8 nitrogen and oxygen atoms in total. The van der Waals surface area contributed by atoms with Crippen molar-refractivity contribution < 1.29 is 17.6 Å². The Bertz CT molecular complexity index is 1110. The van der Waals surface area contributed by atoms with Crippen LogP contribution in [0.5, 0.6) is 0 Å². The van der Waals surface area contributed by atoms with Gasteiger partial charge in [0, 0.05) is 29.9 Å². The Morgan fingerprint density at radius 1 is 1.23 bits per heavy atom. The molecule has 1 aromatic carbocycles. The molecule has 1 saturated heterocycles. The molecule has 10 heteroatoms. The van der Waals surface area contributed by atoms with Crippen molar-refractivity contribution in [3.8, 4) is 11.5 Å². The summed E-state index contributed by atoms with van der Waals surface area (Å²) < 4.78 is 33.0. The molecule has 2 N–H and O–H groups in total. The van der Waals surface area contributed by atoms with Gasteiger partial charge in [-0.2, -0.15) is 9.40 Å². The summed E-state index contributed by atoms with van der Waals surface area (Å²) >= 11 is 1.63. The van der Waals surface area contributed by atoms with Crippen molar-refractivity contribution in [1.29, 1.82) is 0 Å². The third-order valence-electron chi connectivity index (χ3n) is 5.05. The van der Waals surface area contributed by atoms with Crippen molar-refractivity contribution in [2.45, 2.75) is 22.8 Å². The maximum Gasteiger partial charge on any atom is 0.276 e. The molecule has 3 aromatic rings. The molecular formula is C20H22N4O4S2. The second-order valence-electron chi connectivity index (χ2n) is 7.01. The molecule has 4 rings (SSSR count). The number of nitrogens with zero attached hydrogens (tertiary/aromatic N) is 2. The highest BCUT2D eigenvalue weighted by Gasteiger charge is 2.35. The fraction of sp³-hybridized carbons (Fsp3) is 0.300. The molecular weight excluding hydrogens is 424 g/mol. The number of carbonyl (C=O) groups is 1. The molecule has 0 bridgehead atoms. The summed E-state index contributed by atoms with van der Waals surface area (Å²) in [5.41, 5.74) is 1.30. The number of anilines is 1. The number of furan rings is 1. The fourth-order valence-electron chi connectivity index (χ4n) is 3.42. The molecule has 0 aliphatic carbocycles. The van der Waals surface area contributed by atoms with Crippen LogP contribution in [-0.4, -0.2) is 48.2 Å². The van der Waals surface area contributed by atoms with E-state index in [1.54, 1.807) is 30.1 Å². The molecule has 2 aromatic heterocycles. The molecule has 0 saturated carbocycles. The van der Waals surface area contributed by atoms with Gasteiger partial charge in [-0.05, 0) is 61.6 Å². The number of piperidine rings is 1. The topological polar surface area (TPSA) is 108 Å². The van der Waals surface area contributed by atoms with E-state index < -0.39 is 15.9 Å². The standard InChI is InChI=1S/C20H22N4O4S2/c1-29-16-6-4-15(5-7-16)22-20(25)14-3-2-12-24(13-14)30(26,27)19-9-8-18(28-19)17-10-11-21-23-17/h4-11,14H,2-3,12-13H2,1H3,(H,21,23)(H,22,25)/t14-/m0/s1. The average molecular weight is 447 g/mol. The number of rotatable bonds is 6. The highest BCUT2D eigenvalue weighted by Crippen LogP contribution is 2.28. The zero-order chi connectivity index (χ0) is 21.1. The van der Waals surface area contributed by atoms with Crippen molar-refractivity contribution in [2.24, 2.45) is 5.92 Å². The number of carbonyl (C=O) groups excluding carboxylic acids is 1. The van der Waals surface area contributed by atoms with Crippen LogP contribution in [0.1, 0.15) is 12.8 Å². The number of aromatic amines is 1. The highest BCUT2D eigenvalue weighted by atomic mass is 32.2. The minimum absolute atomic E-state index is 0.122. The molecule has 0 radical (unpaired) electrons. The fourth-order valence-corrected chi connectivity index (χ4v) is 5.26. The number of sulfonamides is 1. The van der Waals surface area contributed by atoms with E-state index in [0.29, 0.717) is 36.5 Å². The van der Waals surface area contributed by atoms with Gasteiger partial charge < -0.3 is 9.73 Å². The van der Waals surface area contributed by atoms with Crippen molar-refractivity contribution >= 4 is 33.4 Å². The van der Waals surface area contributed by atoms with Crippen LogP contribution in [0.25, 0.3) is 11.5 Å². The molecule has 3 heterocycles. The van der Waals surface area contributed by atoms with Gasteiger partial charge in [-0.1, -0.05) is 0 Å². The van der Waals surface area contributed by atoms with Crippen LogP contribution in [0.4, 0.5) is 5.69 Å². The molecule has 0 unspecified atom stereocenters. The van der Waals surface area contributed by atoms with Crippen LogP contribution >= 0.6 is 11.8 Å². The van der Waals surface area contributed by atoms with Crippen molar-refractivity contribution in [2.75, 3.05) is 24.7 Å². The van der Waals surface area contributed by atoms with Gasteiger partial charge in [-0.15, -0.1) is 11.8 Å². The number of H-pyrrole nitrogens is 1. The van der Waals surface area contributed by atoms with E-state index in [0.717, 1.165) is 4.90 Å². The lowest BCUT2D eigenvalue weighted by atomic mass is 9.99. The summed E-state index contributed by atoms with van der Waals surface area (Å²) in [6, 6.07) is 12.3. The summed E-state index contributed by atoms with van der Waals surface area (Å²) in [5.74, 6) is -0.203. The Kier molecular flexibility index (Phi) is 5.98. The van der Waals surface area contributed by atoms with Gasteiger partial charge in [0.2, 0.25) is 11.0 Å². The van der Waals surface area contributed by atoms with Gasteiger partial charge in [0.15, 0.2) is 5.76 Å². The molecule has 30 heavy (non-hydrogen) atoms. The minimum Gasteiger partial charge on any atom is -0.442 e. The summed E-state index contributed by atoms with van der Waals surface area (Å²) in [5, 5.41) is 9.34. The number of aromatic nitrogens is 2.